The van der Waals surface area contributed by atoms with Crippen molar-refractivity contribution in [1.82, 2.24) is 0 Å². The zero-order chi connectivity index (χ0) is 16.8. The van der Waals surface area contributed by atoms with Crippen LogP contribution in [0.15, 0.2) is 42.5 Å². The Morgan fingerprint density at radius 2 is 1.82 bits per heavy atom. The van der Waals surface area contributed by atoms with Crippen molar-refractivity contribution in [2.45, 2.75) is 46.1 Å². The lowest BCUT2D eigenvalue weighted by atomic mass is 9.99. The smallest absolute Gasteiger partial charge is 0.331 e. The number of rotatable bonds is 6. The molecule has 118 valence electrons. The Hall–Kier alpha value is -2.16. The maximum atomic E-state index is 12.3. The van der Waals surface area contributed by atoms with Crippen molar-refractivity contribution in [1.29, 1.82) is 0 Å². The number of carbonyl (C=O) groups excluding carboxylic acids is 2. The third-order valence-corrected chi connectivity index (χ3v) is 2.85. The monoisotopic (exact) mass is 300 g/mol. The summed E-state index contributed by atoms with van der Waals surface area (Å²) in [7, 11) is 0. The van der Waals surface area contributed by atoms with Crippen LogP contribution in [0.4, 0.5) is 0 Å². The predicted octanol–water partition coefficient (Wildman–Crippen LogP) is 4.58. The molecule has 0 atom stereocenters. The lowest BCUT2D eigenvalue weighted by molar-refractivity contribution is -0.148. The van der Waals surface area contributed by atoms with Gasteiger partial charge in [0, 0.05) is 18.1 Å². The normalized spacial score (nSPS) is 11.5. The molecule has 0 radical (unpaired) electrons. The lowest BCUT2D eigenvalue weighted by Gasteiger charge is -2.17. The largest absolute Gasteiger partial charge is 0.457 e. The standard InChI is InChI=1S/C19H24O3/c1-14(2)10-12-17(20)16-9-7-6-8-15(16)11-13-18(21)22-19(3,4)5/h6-9,11,13H,1,10,12H2,2-5H3/b13-11+. The minimum atomic E-state index is -0.530. The summed E-state index contributed by atoms with van der Waals surface area (Å²) < 4.78 is 5.22. The minimum Gasteiger partial charge on any atom is -0.457 e. The highest BCUT2D eigenvalue weighted by atomic mass is 16.6. The van der Waals surface area contributed by atoms with E-state index in [1.807, 2.05) is 45.9 Å². The lowest BCUT2D eigenvalue weighted by Crippen LogP contribution is -2.22. The molecular weight excluding hydrogens is 276 g/mol. The van der Waals surface area contributed by atoms with E-state index in [-0.39, 0.29) is 5.78 Å². The first-order chi connectivity index (χ1) is 10.2. The molecule has 0 saturated heterocycles. The second kappa shape index (κ2) is 7.74. The molecule has 0 aliphatic heterocycles. The van der Waals surface area contributed by atoms with Crippen molar-refractivity contribution in [2.75, 3.05) is 0 Å². The molecule has 0 N–H and O–H groups in total. The van der Waals surface area contributed by atoms with Crippen LogP contribution in [0.5, 0.6) is 0 Å². The van der Waals surface area contributed by atoms with Gasteiger partial charge < -0.3 is 4.74 Å². The highest BCUT2D eigenvalue weighted by molar-refractivity contribution is 6.00. The van der Waals surface area contributed by atoms with Crippen LogP contribution in [0.2, 0.25) is 0 Å². The summed E-state index contributed by atoms with van der Waals surface area (Å²) >= 11 is 0. The summed E-state index contributed by atoms with van der Waals surface area (Å²) in [5, 5.41) is 0. The van der Waals surface area contributed by atoms with E-state index in [1.54, 1.807) is 12.1 Å². The summed E-state index contributed by atoms with van der Waals surface area (Å²) in [5.41, 5.74) is 1.79. The molecular formula is C19H24O3. The van der Waals surface area contributed by atoms with Gasteiger partial charge >= 0.3 is 5.97 Å². The predicted molar refractivity (Wildman–Crippen MR) is 89.7 cm³/mol. The van der Waals surface area contributed by atoms with E-state index in [0.717, 1.165) is 11.1 Å². The number of ketones is 1. The molecule has 0 unspecified atom stereocenters. The molecule has 0 amide bonds. The molecule has 0 aliphatic rings. The minimum absolute atomic E-state index is 0.0486. The summed E-state index contributed by atoms with van der Waals surface area (Å²) in [6, 6.07) is 7.24. The maximum absolute atomic E-state index is 12.3. The number of allylic oxidation sites excluding steroid dienone is 1. The van der Waals surface area contributed by atoms with Crippen molar-refractivity contribution in [3.63, 3.8) is 0 Å². The van der Waals surface area contributed by atoms with Crippen LogP contribution >= 0.6 is 0 Å². The number of ether oxygens (including phenoxy) is 1. The number of benzene rings is 1. The van der Waals surface area contributed by atoms with E-state index in [9.17, 15) is 9.59 Å². The summed E-state index contributed by atoms with van der Waals surface area (Å²) in [5.74, 6) is -0.371. The van der Waals surface area contributed by atoms with E-state index in [0.29, 0.717) is 18.4 Å². The van der Waals surface area contributed by atoms with Crippen molar-refractivity contribution in [3.8, 4) is 0 Å². The highest BCUT2D eigenvalue weighted by Crippen LogP contribution is 2.16. The molecule has 0 aromatic heterocycles. The topological polar surface area (TPSA) is 43.4 Å². The van der Waals surface area contributed by atoms with Gasteiger partial charge in [0.15, 0.2) is 5.78 Å². The summed E-state index contributed by atoms with van der Waals surface area (Å²) in [6.07, 6.45) is 4.08. The summed E-state index contributed by atoms with van der Waals surface area (Å²) in [4.78, 5) is 24.0. The van der Waals surface area contributed by atoms with E-state index >= 15 is 0 Å². The highest BCUT2D eigenvalue weighted by Gasteiger charge is 2.14. The Balaban J connectivity index is 2.85. The van der Waals surface area contributed by atoms with Crippen molar-refractivity contribution >= 4 is 17.8 Å². The van der Waals surface area contributed by atoms with Gasteiger partial charge in [0.1, 0.15) is 5.60 Å². The molecule has 0 spiro atoms. The molecule has 0 heterocycles. The molecule has 3 heteroatoms. The number of esters is 1. The molecule has 0 saturated carbocycles. The van der Waals surface area contributed by atoms with Gasteiger partial charge in [0.25, 0.3) is 0 Å². The summed E-state index contributed by atoms with van der Waals surface area (Å²) in [6.45, 7) is 11.2. The fourth-order valence-corrected chi connectivity index (χ4v) is 1.85. The third kappa shape index (κ3) is 6.53. The van der Waals surface area contributed by atoms with Gasteiger partial charge in [-0.25, -0.2) is 4.79 Å². The Morgan fingerprint density at radius 1 is 1.18 bits per heavy atom. The second-order valence-corrected chi connectivity index (χ2v) is 6.33. The van der Waals surface area contributed by atoms with Crippen LogP contribution < -0.4 is 0 Å². The van der Waals surface area contributed by atoms with Crippen LogP contribution in [0.1, 0.15) is 56.5 Å². The number of carbonyl (C=O) groups is 2. The number of Topliss-reactive ketones (excluding diaryl/α,β-unsaturated/α-hetero) is 1. The Morgan fingerprint density at radius 3 is 2.41 bits per heavy atom. The Kier molecular flexibility index (Phi) is 6.29. The molecule has 0 aliphatic carbocycles. The third-order valence-electron chi connectivity index (χ3n) is 2.85. The van der Waals surface area contributed by atoms with Gasteiger partial charge in [0.05, 0.1) is 0 Å². The van der Waals surface area contributed by atoms with E-state index in [4.69, 9.17) is 4.74 Å². The first-order valence-corrected chi connectivity index (χ1v) is 7.37. The van der Waals surface area contributed by atoms with Crippen LogP contribution in [0, 0.1) is 0 Å². The van der Waals surface area contributed by atoms with E-state index < -0.39 is 11.6 Å². The molecule has 1 aromatic rings. The SMILES string of the molecule is C=C(C)CCC(=O)c1ccccc1/C=C/C(=O)OC(C)(C)C. The van der Waals surface area contributed by atoms with Crippen LogP contribution in [0.25, 0.3) is 6.08 Å². The maximum Gasteiger partial charge on any atom is 0.331 e. The molecule has 0 fully saturated rings. The van der Waals surface area contributed by atoms with Crippen molar-refractivity contribution < 1.29 is 14.3 Å². The van der Waals surface area contributed by atoms with E-state index in [1.165, 1.54) is 6.08 Å². The van der Waals surface area contributed by atoms with Gasteiger partial charge in [-0.1, -0.05) is 29.8 Å². The fraction of sp³-hybridized carbons (Fsp3) is 0.368. The zero-order valence-electron chi connectivity index (χ0n) is 13.8. The average molecular weight is 300 g/mol. The first kappa shape index (κ1) is 17.9. The quantitative estimate of drug-likeness (QED) is 0.334. The van der Waals surface area contributed by atoms with Gasteiger partial charge in [-0.15, -0.1) is 6.58 Å². The number of hydrogen-bond donors (Lipinski definition) is 0. The number of hydrogen-bond acceptors (Lipinski definition) is 3. The van der Waals surface area contributed by atoms with Crippen LogP contribution in [-0.2, 0) is 9.53 Å². The Bertz CT molecular complexity index is 589. The van der Waals surface area contributed by atoms with Gasteiger partial charge in [0.2, 0.25) is 0 Å². The van der Waals surface area contributed by atoms with Crippen molar-refractivity contribution in [2.24, 2.45) is 0 Å². The molecule has 1 aromatic carbocycles. The zero-order valence-corrected chi connectivity index (χ0v) is 13.8. The fourth-order valence-electron chi connectivity index (χ4n) is 1.85. The van der Waals surface area contributed by atoms with Gasteiger partial charge in [-0.2, -0.15) is 0 Å². The van der Waals surface area contributed by atoms with Crippen LogP contribution in [-0.4, -0.2) is 17.4 Å². The Labute approximate surface area is 132 Å². The molecule has 3 nitrogen and oxygen atoms in total. The first-order valence-electron chi connectivity index (χ1n) is 7.37. The van der Waals surface area contributed by atoms with Gasteiger partial charge in [-0.3, -0.25) is 4.79 Å². The van der Waals surface area contributed by atoms with Gasteiger partial charge in [-0.05, 0) is 45.8 Å². The molecule has 1 rings (SSSR count). The van der Waals surface area contributed by atoms with E-state index in [2.05, 4.69) is 6.58 Å². The molecule has 0 bridgehead atoms. The van der Waals surface area contributed by atoms with Crippen molar-refractivity contribution in [3.05, 3.63) is 53.6 Å². The average Bonchev–Trinajstić information content (AvgIpc) is 2.41. The molecule has 22 heavy (non-hydrogen) atoms. The van der Waals surface area contributed by atoms with Crippen LogP contribution in [0.3, 0.4) is 0 Å². The second-order valence-electron chi connectivity index (χ2n) is 6.33.